The predicted molar refractivity (Wildman–Crippen MR) is 92.7 cm³/mol. The Morgan fingerprint density at radius 3 is 2.62 bits per heavy atom. The SMILES string of the molecule is CC(C)(C)OC(=O)N1CC[C@H](OCc2ccccc2)[C@H]1CCCO. The lowest BCUT2D eigenvalue weighted by molar-refractivity contribution is -0.00723. The second kappa shape index (κ2) is 8.49. The van der Waals surface area contributed by atoms with Crippen LogP contribution in [0.4, 0.5) is 4.79 Å². The molecule has 2 rings (SSSR count). The van der Waals surface area contributed by atoms with Crippen LogP contribution in [0.1, 0.15) is 45.6 Å². The molecule has 0 unspecified atom stereocenters. The van der Waals surface area contributed by atoms with Crippen LogP contribution in [0, 0.1) is 0 Å². The van der Waals surface area contributed by atoms with Crippen molar-refractivity contribution in [3.05, 3.63) is 35.9 Å². The number of benzene rings is 1. The molecule has 1 amide bonds. The molecular formula is C19H29NO4. The van der Waals surface area contributed by atoms with Crippen molar-refractivity contribution in [2.45, 2.75) is 64.4 Å². The maximum Gasteiger partial charge on any atom is 0.410 e. The van der Waals surface area contributed by atoms with Crippen molar-refractivity contribution in [3.63, 3.8) is 0 Å². The number of hydrogen-bond acceptors (Lipinski definition) is 4. The lowest BCUT2D eigenvalue weighted by Crippen LogP contribution is -2.43. The van der Waals surface area contributed by atoms with E-state index in [9.17, 15) is 4.79 Å². The summed E-state index contributed by atoms with van der Waals surface area (Å²) >= 11 is 0. The summed E-state index contributed by atoms with van der Waals surface area (Å²) in [6.45, 7) is 6.88. The first-order chi connectivity index (χ1) is 11.4. The molecule has 1 aliphatic heterocycles. The van der Waals surface area contributed by atoms with Gasteiger partial charge in [0.2, 0.25) is 0 Å². The third-order valence-corrected chi connectivity index (χ3v) is 4.08. The van der Waals surface area contributed by atoms with Crippen LogP contribution in [0.3, 0.4) is 0 Å². The van der Waals surface area contributed by atoms with Crippen LogP contribution in [0.25, 0.3) is 0 Å². The third kappa shape index (κ3) is 5.49. The Morgan fingerprint density at radius 1 is 1.29 bits per heavy atom. The summed E-state index contributed by atoms with van der Waals surface area (Å²) in [5, 5.41) is 9.16. The average Bonchev–Trinajstić information content (AvgIpc) is 2.93. The summed E-state index contributed by atoms with van der Waals surface area (Å²) < 4.78 is 11.6. The van der Waals surface area contributed by atoms with Crippen LogP contribution in [-0.2, 0) is 16.1 Å². The minimum absolute atomic E-state index is 0.0238. The molecule has 1 heterocycles. The monoisotopic (exact) mass is 335 g/mol. The van der Waals surface area contributed by atoms with Gasteiger partial charge in [-0.25, -0.2) is 4.79 Å². The Bertz CT molecular complexity index is 512. The van der Waals surface area contributed by atoms with E-state index < -0.39 is 5.60 Å². The Labute approximate surface area is 144 Å². The molecule has 0 aliphatic carbocycles. The number of carbonyl (C=O) groups is 1. The Morgan fingerprint density at radius 2 is 2.00 bits per heavy atom. The van der Waals surface area contributed by atoms with Crippen molar-refractivity contribution < 1.29 is 19.4 Å². The molecule has 24 heavy (non-hydrogen) atoms. The van der Waals surface area contributed by atoms with Gasteiger partial charge in [-0.3, -0.25) is 0 Å². The fraction of sp³-hybridized carbons (Fsp3) is 0.632. The van der Waals surface area contributed by atoms with Gasteiger partial charge >= 0.3 is 6.09 Å². The van der Waals surface area contributed by atoms with Crippen LogP contribution in [0.2, 0.25) is 0 Å². The molecule has 1 saturated heterocycles. The molecule has 1 N–H and O–H groups in total. The summed E-state index contributed by atoms with van der Waals surface area (Å²) in [4.78, 5) is 14.2. The van der Waals surface area contributed by atoms with E-state index in [0.29, 0.717) is 19.6 Å². The summed E-state index contributed by atoms with van der Waals surface area (Å²) in [5.74, 6) is 0. The van der Waals surface area contributed by atoms with Crippen molar-refractivity contribution in [1.29, 1.82) is 0 Å². The number of amides is 1. The predicted octanol–water partition coefficient (Wildman–Crippen LogP) is 3.35. The molecule has 0 saturated carbocycles. The van der Waals surface area contributed by atoms with Gasteiger partial charge < -0.3 is 19.5 Å². The van der Waals surface area contributed by atoms with Gasteiger partial charge in [0.1, 0.15) is 5.60 Å². The van der Waals surface area contributed by atoms with Crippen molar-refractivity contribution in [3.8, 4) is 0 Å². The van der Waals surface area contributed by atoms with E-state index in [4.69, 9.17) is 14.6 Å². The minimum Gasteiger partial charge on any atom is -0.444 e. The zero-order chi connectivity index (χ0) is 17.6. The third-order valence-electron chi connectivity index (χ3n) is 4.08. The highest BCUT2D eigenvalue weighted by atomic mass is 16.6. The second-order valence-corrected chi connectivity index (χ2v) is 7.23. The summed E-state index contributed by atoms with van der Waals surface area (Å²) in [7, 11) is 0. The maximum absolute atomic E-state index is 12.4. The van der Waals surface area contributed by atoms with Crippen molar-refractivity contribution in [2.24, 2.45) is 0 Å². The molecule has 1 aromatic rings. The van der Waals surface area contributed by atoms with E-state index in [1.165, 1.54) is 0 Å². The molecule has 1 aliphatic rings. The van der Waals surface area contributed by atoms with Gasteiger partial charge in [-0.15, -0.1) is 0 Å². The molecular weight excluding hydrogens is 306 g/mol. The van der Waals surface area contributed by atoms with E-state index in [1.807, 2.05) is 51.1 Å². The molecule has 0 spiro atoms. The number of rotatable bonds is 6. The second-order valence-electron chi connectivity index (χ2n) is 7.23. The minimum atomic E-state index is -0.512. The molecule has 1 fully saturated rings. The summed E-state index contributed by atoms with van der Waals surface area (Å²) in [6, 6.07) is 9.98. The van der Waals surface area contributed by atoms with Crippen LogP contribution >= 0.6 is 0 Å². The van der Waals surface area contributed by atoms with Gasteiger partial charge in [0.25, 0.3) is 0 Å². The Hall–Kier alpha value is -1.59. The van der Waals surface area contributed by atoms with E-state index in [1.54, 1.807) is 4.90 Å². The summed E-state index contributed by atoms with van der Waals surface area (Å²) in [5.41, 5.74) is 0.607. The fourth-order valence-corrected chi connectivity index (χ4v) is 2.99. The van der Waals surface area contributed by atoms with Gasteiger partial charge in [-0.05, 0) is 45.6 Å². The number of aliphatic hydroxyl groups is 1. The van der Waals surface area contributed by atoms with Gasteiger partial charge in [0.15, 0.2) is 0 Å². The largest absolute Gasteiger partial charge is 0.444 e. The smallest absolute Gasteiger partial charge is 0.410 e. The molecule has 134 valence electrons. The van der Waals surface area contributed by atoms with Crippen LogP contribution in [0.5, 0.6) is 0 Å². The first-order valence-electron chi connectivity index (χ1n) is 8.67. The topological polar surface area (TPSA) is 59.0 Å². The fourth-order valence-electron chi connectivity index (χ4n) is 2.99. The average molecular weight is 335 g/mol. The van der Waals surface area contributed by atoms with Gasteiger partial charge in [0.05, 0.1) is 18.8 Å². The Kier molecular flexibility index (Phi) is 6.63. The van der Waals surface area contributed by atoms with Gasteiger partial charge in [0, 0.05) is 13.2 Å². The molecule has 5 nitrogen and oxygen atoms in total. The quantitative estimate of drug-likeness (QED) is 0.866. The van der Waals surface area contributed by atoms with Crippen molar-refractivity contribution in [1.82, 2.24) is 4.90 Å². The van der Waals surface area contributed by atoms with Crippen LogP contribution in [-0.4, -0.2) is 47.0 Å². The van der Waals surface area contributed by atoms with Gasteiger partial charge in [-0.1, -0.05) is 30.3 Å². The van der Waals surface area contributed by atoms with Crippen LogP contribution in [0.15, 0.2) is 30.3 Å². The normalized spacial score (nSPS) is 21.1. The van der Waals surface area contributed by atoms with E-state index >= 15 is 0 Å². The van der Waals surface area contributed by atoms with Crippen LogP contribution < -0.4 is 0 Å². The zero-order valence-corrected chi connectivity index (χ0v) is 14.9. The highest BCUT2D eigenvalue weighted by Crippen LogP contribution is 2.27. The molecule has 0 radical (unpaired) electrons. The lowest BCUT2D eigenvalue weighted by atomic mass is 10.1. The lowest BCUT2D eigenvalue weighted by Gasteiger charge is -2.30. The standard InChI is InChI=1S/C19H29NO4/c1-19(2,3)24-18(22)20-12-11-17(16(20)10-7-13-21)23-14-15-8-5-4-6-9-15/h4-6,8-9,16-17,21H,7,10-14H2,1-3H3/t16-,17+/m1/s1. The van der Waals surface area contributed by atoms with Gasteiger partial charge in [-0.2, -0.15) is 0 Å². The molecule has 0 aromatic heterocycles. The number of aliphatic hydroxyl groups excluding tert-OH is 1. The van der Waals surface area contributed by atoms with E-state index in [-0.39, 0.29) is 24.8 Å². The first-order valence-corrected chi connectivity index (χ1v) is 8.67. The number of ether oxygens (including phenoxy) is 2. The number of hydrogen-bond donors (Lipinski definition) is 1. The number of carbonyl (C=O) groups excluding carboxylic acids is 1. The van der Waals surface area contributed by atoms with E-state index in [0.717, 1.165) is 18.4 Å². The first kappa shape index (κ1) is 18.7. The Balaban J connectivity index is 1.98. The van der Waals surface area contributed by atoms with Crippen molar-refractivity contribution in [2.75, 3.05) is 13.2 Å². The molecule has 0 bridgehead atoms. The molecule has 5 heteroatoms. The molecule has 1 aromatic carbocycles. The van der Waals surface area contributed by atoms with Crippen molar-refractivity contribution >= 4 is 6.09 Å². The maximum atomic E-state index is 12.4. The molecule has 2 atom stereocenters. The number of nitrogens with zero attached hydrogens (tertiary/aromatic N) is 1. The highest BCUT2D eigenvalue weighted by Gasteiger charge is 2.39. The zero-order valence-electron chi connectivity index (χ0n) is 14.9. The number of likely N-dealkylation sites (tertiary alicyclic amines) is 1. The summed E-state index contributed by atoms with van der Waals surface area (Å²) in [6.07, 6.45) is 1.84. The van der Waals surface area contributed by atoms with E-state index in [2.05, 4.69) is 0 Å². The highest BCUT2D eigenvalue weighted by molar-refractivity contribution is 5.69.